The first-order valence-corrected chi connectivity index (χ1v) is 9.13. The van der Waals surface area contributed by atoms with Gasteiger partial charge in [-0.05, 0) is 46.2 Å². The molecule has 1 atom stereocenters. The van der Waals surface area contributed by atoms with E-state index in [0.29, 0.717) is 49.2 Å². The van der Waals surface area contributed by atoms with Gasteiger partial charge in [-0.1, -0.05) is 6.92 Å². The van der Waals surface area contributed by atoms with Gasteiger partial charge in [-0.15, -0.1) is 0 Å². The van der Waals surface area contributed by atoms with Crippen LogP contribution < -0.4 is 24.8 Å². The summed E-state index contributed by atoms with van der Waals surface area (Å²) in [4.78, 5) is 24.5. The molecule has 0 unspecified atom stereocenters. The molecule has 2 amide bonds. The van der Waals surface area contributed by atoms with E-state index < -0.39 is 6.04 Å². The van der Waals surface area contributed by atoms with Gasteiger partial charge >= 0.3 is 0 Å². The van der Waals surface area contributed by atoms with Crippen LogP contribution in [0.15, 0.2) is 12.1 Å². The number of hydrogen-bond donors (Lipinski definition) is 2. The van der Waals surface area contributed by atoms with E-state index in [1.807, 2.05) is 27.7 Å². The van der Waals surface area contributed by atoms with Crippen molar-refractivity contribution in [3.8, 4) is 17.2 Å². The quantitative estimate of drug-likeness (QED) is 0.628. The third-order valence-electron chi connectivity index (χ3n) is 3.46. The van der Waals surface area contributed by atoms with E-state index in [-0.39, 0.29) is 11.8 Å². The van der Waals surface area contributed by atoms with Crippen LogP contribution in [-0.4, -0.2) is 44.2 Å². The highest BCUT2D eigenvalue weighted by Crippen LogP contribution is 2.39. The standard InChI is InChI=1S/C19H30N2O5/c1-6-10-20-18(22)13(5)21-19(23)14-11-15(24-7-2)17(26-9-4)16(12-14)25-8-3/h11-13H,6-10H2,1-5H3,(H,20,22)(H,21,23)/t13-/m1/s1. The molecule has 7 nitrogen and oxygen atoms in total. The second-order valence-electron chi connectivity index (χ2n) is 5.59. The highest BCUT2D eigenvalue weighted by Gasteiger charge is 2.21. The second-order valence-corrected chi connectivity index (χ2v) is 5.59. The summed E-state index contributed by atoms with van der Waals surface area (Å²) in [5, 5.41) is 5.45. The van der Waals surface area contributed by atoms with Gasteiger partial charge in [-0.2, -0.15) is 0 Å². The summed E-state index contributed by atoms with van der Waals surface area (Å²) in [6, 6.07) is 2.55. The molecular formula is C19H30N2O5. The monoisotopic (exact) mass is 366 g/mol. The lowest BCUT2D eigenvalue weighted by molar-refractivity contribution is -0.122. The summed E-state index contributed by atoms with van der Waals surface area (Å²) in [6.45, 7) is 11.0. The molecule has 0 aromatic heterocycles. The number of ether oxygens (including phenoxy) is 3. The minimum absolute atomic E-state index is 0.221. The van der Waals surface area contributed by atoms with Crippen LogP contribution in [0.25, 0.3) is 0 Å². The maximum absolute atomic E-state index is 12.6. The van der Waals surface area contributed by atoms with Crippen molar-refractivity contribution in [1.82, 2.24) is 10.6 Å². The molecule has 0 radical (unpaired) electrons. The van der Waals surface area contributed by atoms with Crippen molar-refractivity contribution in [1.29, 1.82) is 0 Å². The summed E-state index contributed by atoms with van der Waals surface area (Å²) < 4.78 is 16.8. The van der Waals surface area contributed by atoms with E-state index >= 15 is 0 Å². The van der Waals surface area contributed by atoms with Crippen molar-refractivity contribution < 1.29 is 23.8 Å². The molecule has 7 heteroatoms. The van der Waals surface area contributed by atoms with Gasteiger partial charge in [0, 0.05) is 12.1 Å². The molecule has 26 heavy (non-hydrogen) atoms. The van der Waals surface area contributed by atoms with Crippen LogP contribution in [0.2, 0.25) is 0 Å². The van der Waals surface area contributed by atoms with Gasteiger partial charge in [0.25, 0.3) is 5.91 Å². The summed E-state index contributed by atoms with van der Waals surface area (Å²) >= 11 is 0. The molecule has 0 aliphatic heterocycles. The summed E-state index contributed by atoms with van der Waals surface area (Å²) in [5.41, 5.74) is 0.343. The third-order valence-corrected chi connectivity index (χ3v) is 3.46. The van der Waals surface area contributed by atoms with Crippen molar-refractivity contribution in [2.75, 3.05) is 26.4 Å². The van der Waals surface area contributed by atoms with Gasteiger partial charge in [0.1, 0.15) is 6.04 Å². The first-order valence-electron chi connectivity index (χ1n) is 9.13. The van der Waals surface area contributed by atoms with Crippen LogP contribution in [0.4, 0.5) is 0 Å². The molecule has 0 heterocycles. The number of carbonyl (C=O) groups excluding carboxylic acids is 2. The van der Waals surface area contributed by atoms with Crippen LogP contribution in [0.1, 0.15) is 51.4 Å². The predicted octanol–water partition coefficient (Wildman–Crippen LogP) is 2.53. The van der Waals surface area contributed by atoms with Gasteiger partial charge in [0.15, 0.2) is 11.5 Å². The van der Waals surface area contributed by atoms with E-state index in [4.69, 9.17) is 14.2 Å². The van der Waals surface area contributed by atoms with Crippen LogP contribution in [-0.2, 0) is 4.79 Å². The molecule has 1 aromatic rings. The van der Waals surface area contributed by atoms with Crippen molar-refractivity contribution in [3.05, 3.63) is 17.7 Å². The number of amides is 2. The Morgan fingerprint density at radius 1 is 0.962 bits per heavy atom. The van der Waals surface area contributed by atoms with E-state index in [1.165, 1.54) is 0 Å². The maximum Gasteiger partial charge on any atom is 0.252 e. The van der Waals surface area contributed by atoms with Gasteiger partial charge < -0.3 is 24.8 Å². The van der Waals surface area contributed by atoms with Crippen molar-refractivity contribution >= 4 is 11.8 Å². The van der Waals surface area contributed by atoms with Crippen molar-refractivity contribution in [3.63, 3.8) is 0 Å². The summed E-state index contributed by atoms with van der Waals surface area (Å²) in [6.07, 6.45) is 0.834. The van der Waals surface area contributed by atoms with Crippen LogP contribution in [0.3, 0.4) is 0 Å². The number of benzene rings is 1. The predicted molar refractivity (Wildman–Crippen MR) is 100 cm³/mol. The van der Waals surface area contributed by atoms with E-state index in [2.05, 4.69) is 10.6 Å². The molecule has 0 aliphatic carbocycles. The van der Waals surface area contributed by atoms with E-state index in [0.717, 1.165) is 6.42 Å². The van der Waals surface area contributed by atoms with E-state index in [9.17, 15) is 9.59 Å². The zero-order valence-electron chi connectivity index (χ0n) is 16.3. The topological polar surface area (TPSA) is 85.9 Å². The minimum atomic E-state index is -0.647. The van der Waals surface area contributed by atoms with Gasteiger partial charge in [0.05, 0.1) is 19.8 Å². The molecule has 2 N–H and O–H groups in total. The Kier molecular flexibility index (Phi) is 9.33. The Morgan fingerprint density at radius 2 is 1.50 bits per heavy atom. The number of carbonyl (C=O) groups is 2. The molecule has 0 aliphatic rings. The van der Waals surface area contributed by atoms with Gasteiger partial charge in [-0.3, -0.25) is 9.59 Å². The largest absolute Gasteiger partial charge is 0.490 e. The lowest BCUT2D eigenvalue weighted by Gasteiger charge is -2.18. The summed E-state index contributed by atoms with van der Waals surface area (Å²) in [5.74, 6) is 0.749. The highest BCUT2D eigenvalue weighted by molar-refractivity contribution is 5.98. The number of hydrogen-bond acceptors (Lipinski definition) is 5. The Hall–Kier alpha value is -2.44. The average Bonchev–Trinajstić information content (AvgIpc) is 2.62. The highest BCUT2D eigenvalue weighted by atomic mass is 16.5. The Labute approximate surface area is 155 Å². The lowest BCUT2D eigenvalue weighted by atomic mass is 10.1. The molecule has 1 aromatic carbocycles. The molecule has 146 valence electrons. The third kappa shape index (κ3) is 6.13. The molecule has 0 bridgehead atoms. The number of nitrogens with one attached hydrogen (secondary N) is 2. The fourth-order valence-electron chi connectivity index (χ4n) is 2.27. The number of rotatable bonds is 11. The normalized spacial score (nSPS) is 11.4. The molecule has 0 saturated carbocycles. The Bertz CT molecular complexity index is 577. The lowest BCUT2D eigenvalue weighted by Crippen LogP contribution is -2.45. The van der Waals surface area contributed by atoms with E-state index in [1.54, 1.807) is 19.1 Å². The zero-order valence-corrected chi connectivity index (χ0v) is 16.3. The molecular weight excluding hydrogens is 336 g/mol. The first-order chi connectivity index (χ1) is 12.5. The maximum atomic E-state index is 12.6. The summed E-state index contributed by atoms with van der Waals surface area (Å²) in [7, 11) is 0. The zero-order chi connectivity index (χ0) is 19.5. The fourth-order valence-corrected chi connectivity index (χ4v) is 2.27. The molecule has 0 saturated heterocycles. The fraction of sp³-hybridized carbons (Fsp3) is 0.579. The van der Waals surface area contributed by atoms with Gasteiger partial charge in [-0.25, -0.2) is 0 Å². The van der Waals surface area contributed by atoms with Crippen LogP contribution >= 0.6 is 0 Å². The first kappa shape index (κ1) is 21.6. The van der Waals surface area contributed by atoms with Crippen LogP contribution in [0, 0.1) is 0 Å². The molecule has 0 spiro atoms. The average molecular weight is 366 g/mol. The smallest absolute Gasteiger partial charge is 0.252 e. The van der Waals surface area contributed by atoms with Crippen LogP contribution in [0.5, 0.6) is 17.2 Å². The van der Waals surface area contributed by atoms with Crippen molar-refractivity contribution in [2.24, 2.45) is 0 Å². The SMILES string of the molecule is CCCNC(=O)[C@@H](C)NC(=O)c1cc(OCC)c(OCC)c(OCC)c1. The molecule has 1 rings (SSSR count). The second kappa shape index (κ2) is 11.2. The van der Waals surface area contributed by atoms with Gasteiger partial charge in [0.2, 0.25) is 11.7 Å². The van der Waals surface area contributed by atoms with Crippen molar-refractivity contribution in [2.45, 2.75) is 47.1 Å². The minimum Gasteiger partial charge on any atom is -0.490 e. The molecule has 0 fully saturated rings. The Morgan fingerprint density at radius 3 is 1.96 bits per heavy atom. The Balaban J connectivity index is 3.06.